The van der Waals surface area contributed by atoms with Gasteiger partial charge in [-0.15, -0.1) is 0 Å². The molecule has 2 aromatic heterocycles. The number of carbonyl (C=O) groups is 1. The monoisotopic (exact) mass is 359 g/mol. The summed E-state index contributed by atoms with van der Waals surface area (Å²) in [5, 5.41) is 11.7. The minimum Gasteiger partial charge on any atom is -0.350 e. The van der Waals surface area contributed by atoms with E-state index in [0.717, 1.165) is 30.9 Å². The van der Waals surface area contributed by atoms with Gasteiger partial charge < -0.3 is 10.2 Å². The van der Waals surface area contributed by atoms with E-state index in [1.165, 1.54) is 6.42 Å². The second-order valence-electron chi connectivity index (χ2n) is 7.30. The third-order valence-corrected chi connectivity index (χ3v) is 4.93. The number of carbonyl (C=O) groups excluding carboxylic acids is 1. The minimum absolute atomic E-state index is 0.111. The van der Waals surface area contributed by atoms with Gasteiger partial charge in [0.1, 0.15) is 0 Å². The Morgan fingerprint density at radius 2 is 2.12 bits per heavy atom. The smallest absolute Gasteiger partial charge is 0.272 e. The van der Waals surface area contributed by atoms with Gasteiger partial charge in [-0.3, -0.25) is 19.1 Å². The highest BCUT2D eigenvalue weighted by molar-refractivity contribution is 5.93. The zero-order valence-electron chi connectivity index (χ0n) is 16.1. The molecule has 8 heteroatoms. The van der Waals surface area contributed by atoms with Crippen LogP contribution in [0.25, 0.3) is 0 Å². The number of rotatable bonds is 7. The first-order chi connectivity index (χ1) is 12.4. The Bertz CT molecular complexity index is 749. The van der Waals surface area contributed by atoms with Crippen molar-refractivity contribution < 1.29 is 4.79 Å². The lowest BCUT2D eigenvalue weighted by Gasteiger charge is -2.20. The molecular formula is C18H29N7O. The Balaban J connectivity index is 1.56. The zero-order chi connectivity index (χ0) is 18.7. The summed E-state index contributed by atoms with van der Waals surface area (Å²) in [7, 11) is 8.00. The molecule has 2 aromatic rings. The Morgan fingerprint density at radius 3 is 2.77 bits per heavy atom. The van der Waals surface area contributed by atoms with E-state index < -0.39 is 0 Å². The molecule has 1 unspecified atom stereocenters. The molecule has 0 bridgehead atoms. The van der Waals surface area contributed by atoms with Crippen LogP contribution in [0.15, 0.2) is 18.5 Å². The molecule has 1 aliphatic heterocycles. The molecule has 0 spiro atoms. The maximum absolute atomic E-state index is 12.6. The molecule has 3 heterocycles. The standard InChI is InChI=1S/C18H29N7O/c1-22(2)16-7-10-25(13-16)12-14-11-24(4)21-17(14)18(26)19-8-5-15-6-9-23(3)20-15/h6,9,11,16H,5,7-8,10,12-13H2,1-4H3,(H,19,26). The number of likely N-dealkylation sites (N-methyl/N-ethyl adjacent to an activating group) is 1. The lowest BCUT2D eigenvalue weighted by Crippen LogP contribution is -2.32. The summed E-state index contributed by atoms with van der Waals surface area (Å²) in [5.74, 6) is -0.111. The fraction of sp³-hybridized carbons (Fsp3) is 0.611. The van der Waals surface area contributed by atoms with Crippen LogP contribution in [0, 0.1) is 0 Å². The molecule has 1 aliphatic rings. The summed E-state index contributed by atoms with van der Waals surface area (Å²) in [6, 6.07) is 2.55. The molecular weight excluding hydrogens is 330 g/mol. The third kappa shape index (κ3) is 4.50. The molecule has 0 radical (unpaired) electrons. The van der Waals surface area contributed by atoms with Crippen LogP contribution >= 0.6 is 0 Å². The van der Waals surface area contributed by atoms with E-state index in [1.54, 1.807) is 9.36 Å². The van der Waals surface area contributed by atoms with Crippen molar-refractivity contribution in [2.24, 2.45) is 14.1 Å². The van der Waals surface area contributed by atoms with E-state index >= 15 is 0 Å². The van der Waals surface area contributed by atoms with Gasteiger partial charge in [0.05, 0.1) is 5.69 Å². The first kappa shape index (κ1) is 18.6. The first-order valence-electron chi connectivity index (χ1n) is 9.10. The van der Waals surface area contributed by atoms with Crippen molar-refractivity contribution in [3.63, 3.8) is 0 Å². The maximum atomic E-state index is 12.6. The van der Waals surface area contributed by atoms with Crippen molar-refractivity contribution in [1.29, 1.82) is 0 Å². The summed E-state index contributed by atoms with van der Waals surface area (Å²) < 4.78 is 3.49. The van der Waals surface area contributed by atoms with Crippen molar-refractivity contribution in [3.8, 4) is 0 Å². The molecule has 26 heavy (non-hydrogen) atoms. The lowest BCUT2D eigenvalue weighted by atomic mass is 10.2. The Labute approximate surface area is 154 Å². The number of aromatic nitrogens is 4. The number of amides is 1. The summed E-state index contributed by atoms with van der Waals surface area (Å²) in [6.45, 7) is 3.40. The van der Waals surface area contributed by atoms with E-state index in [1.807, 2.05) is 32.6 Å². The number of nitrogens with one attached hydrogen (secondary N) is 1. The summed E-state index contributed by atoms with van der Waals surface area (Å²) in [5.41, 5.74) is 2.49. The Kier molecular flexibility index (Phi) is 5.73. The molecule has 1 atom stereocenters. The van der Waals surface area contributed by atoms with Crippen molar-refractivity contribution in [2.45, 2.75) is 25.4 Å². The molecule has 142 valence electrons. The number of likely N-dealkylation sites (tertiary alicyclic amines) is 1. The average Bonchev–Trinajstić information content (AvgIpc) is 3.28. The molecule has 1 saturated heterocycles. The highest BCUT2D eigenvalue weighted by Crippen LogP contribution is 2.18. The van der Waals surface area contributed by atoms with Crippen molar-refractivity contribution in [2.75, 3.05) is 33.7 Å². The van der Waals surface area contributed by atoms with Crippen LogP contribution in [-0.4, -0.2) is 75.0 Å². The van der Waals surface area contributed by atoms with Gasteiger partial charge in [0.15, 0.2) is 5.69 Å². The average molecular weight is 359 g/mol. The molecule has 0 aromatic carbocycles. The third-order valence-electron chi connectivity index (χ3n) is 4.93. The SMILES string of the molecule is CN(C)C1CCN(Cc2cn(C)nc2C(=O)NCCc2ccn(C)n2)C1. The fourth-order valence-electron chi connectivity index (χ4n) is 3.45. The minimum atomic E-state index is -0.111. The van der Waals surface area contributed by atoms with Crippen LogP contribution in [0.4, 0.5) is 0 Å². The van der Waals surface area contributed by atoms with E-state index in [0.29, 0.717) is 24.7 Å². The molecule has 1 amide bonds. The van der Waals surface area contributed by atoms with E-state index in [-0.39, 0.29) is 5.91 Å². The fourth-order valence-corrected chi connectivity index (χ4v) is 3.45. The summed E-state index contributed by atoms with van der Waals surface area (Å²) >= 11 is 0. The van der Waals surface area contributed by atoms with Gasteiger partial charge in [-0.1, -0.05) is 0 Å². The Morgan fingerprint density at radius 1 is 1.31 bits per heavy atom. The quantitative estimate of drug-likeness (QED) is 0.768. The normalized spacial score (nSPS) is 18.0. The topological polar surface area (TPSA) is 71.2 Å². The number of hydrogen-bond acceptors (Lipinski definition) is 5. The largest absolute Gasteiger partial charge is 0.350 e. The predicted octanol–water partition coefficient (Wildman–Crippen LogP) is 0.262. The summed E-state index contributed by atoms with van der Waals surface area (Å²) in [4.78, 5) is 17.2. The lowest BCUT2D eigenvalue weighted by molar-refractivity contribution is 0.0946. The van der Waals surface area contributed by atoms with Gasteiger partial charge >= 0.3 is 0 Å². The first-order valence-corrected chi connectivity index (χ1v) is 9.10. The van der Waals surface area contributed by atoms with Crippen molar-refractivity contribution >= 4 is 5.91 Å². The number of aryl methyl sites for hydroxylation is 2. The van der Waals surface area contributed by atoms with Gasteiger partial charge in [-0.05, 0) is 26.6 Å². The second kappa shape index (κ2) is 8.01. The maximum Gasteiger partial charge on any atom is 0.272 e. The highest BCUT2D eigenvalue weighted by atomic mass is 16.1. The van der Waals surface area contributed by atoms with Gasteiger partial charge in [0, 0.05) is 70.7 Å². The molecule has 1 fully saturated rings. The van der Waals surface area contributed by atoms with Crippen molar-refractivity contribution in [1.82, 2.24) is 34.7 Å². The van der Waals surface area contributed by atoms with Crippen LogP contribution in [0.3, 0.4) is 0 Å². The van der Waals surface area contributed by atoms with Gasteiger partial charge in [0.25, 0.3) is 5.91 Å². The second-order valence-corrected chi connectivity index (χ2v) is 7.30. The van der Waals surface area contributed by atoms with Crippen LogP contribution in [0.2, 0.25) is 0 Å². The van der Waals surface area contributed by atoms with Gasteiger partial charge in [-0.25, -0.2) is 0 Å². The number of hydrogen-bond donors (Lipinski definition) is 1. The molecule has 8 nitrogen and oxygen atoms in total. The summed E-state index contributed by atoms with van der Waals surface area (Å²) in [6.07, 6.45) is 5.74. The van der Waals surface area contributed by atoms with Crippen molar-refractivity contribution in [3.05, 3.63) is 35.4 Å². The van der Waals surface area contributed by atoms with E-state index in [9.17, 15) is 4.79 Å². The van der Waals surface area contributed by atoms with E-state index in [4.69, 9.17) is 0 Å². The molecule has 3 rings (SSSR count). The van der Waals surface area contributed by atoms with E-state index in [2.05, 4.69) is 39.4 Å². The zero-order valence-corrected chi connectivity index (χ0v) is 16.1. The van der Waals surface area contributed by atoms with Gasteiger partial charge in [0.2, 0.25) is 0 Å². The highest BCUT2D eigenvalue weighted by Gasteiger charge is 2.26. The van der Waals surface area contributed by atoms with Crippen LogP contribution in [-0.2, 0) is 27.1 Å². The van der Waals surface area contributed by atoms with Crippen LogP contribution < -0.4 is 5.32 Å². The van der Waals surface area contributed by atoms with Gasteiger partial charge in [-0.2, -0.15) is 10.2 Å². The molecule has 0 saturated carbocycles. The molecule has 0 aliphatic carbocycles. The molecule has 1 N–H and O–H groups in total. The van der Waals surface area contributed by atoms with Crippen LogP contribution in [0.5, 0.6) is 0 Å². The van der Waals surface area contributed by atoms with Crippen LogP contribution in [0.1, 0.15) is 28.2 Å². The Hall–Kier alpha value is -2.19. The number of nitrogens with zero attached hydrogens (tertiary/aromatic N) is 6. The predicted molar refractivity (Wildman–Crippen MR) is 99.8 cm³/mol.